The zero-order valence-electron chi connectivity index (χ0n) is 10.4. The fourth-order valence-electron chi connectivity index (χ4n) is 1.96. The van der Waals surface area contributed by atoms with E-state index in [0.717, 1.165) is 17.9 Å². The Morgan fingerprint density at radius 1 is 0.947 bits per heavy atom. The third-order valence-corrected chi connectivity index (χ3v) is 2.91. The van der Waals surface area contributed by atoms with Crippen LogP contribution >= 0.6 is 0 Å². The minimum atomic E-state index is 0.750. The summed E-state index contributed by atoms with van der Waals surface area (Å²) in [5, 5.41) is 7.66. The van der Waals surface area contributed by atoms with E-state index in [4.69, 9.17) is 0 Å². The predicted octanol–water partition coefficient (Wildman–Crippen LogP) is 2.88. The zero-order chi connectivity index (χ0) is 12.9. The highest BCUT2D eigenvalue weighted by molar-refractivity contribution is 5.46. The molecule has 3 rings (SSSR count). The van der Waals surface area contributed by atoms with Crippen molar-refractivity contribution in [3.05, 3.63) is 72.8 Å². The van der Waals surface area contributed by atoms with Crippen LogP contribution in [0.2, 0.25) is 0 Å². The number of pyridine rings is 1. The number of benzene rings is 1. The summed E-state index contributed by atoms with van der Waals surface area (Å²) >= 11 is 0. The molecular formula is C15H14N4. The summed E-state index contributed by atoms with van der Waals surface area (Å²) in [5.74, 6) is 0. The van der Waals surface area contributed by atoms with Gasteiger partial charge >= 0.3 is 0 Å². The molecule has 0 aliphatic rings. The standard InChI is InChI=1S/C15H14N4/c1-2-5-15(19-11-3-8-18-19)13(4-1)12-17-14-6-9-16-10-7-14/h1-11H,12H2,(H,16,17). The lowest BCUT2D eigenvalue weighted by Gasteiger charge is -2.11. The van der Waals surface area contributed by atoms with E-state index in [-0.39, 0.29) is 0 Å². The Hall–Kier alpha value is -2.62. The smallest absolute Gasteiger partial charge is 0.0695 e. The Balaban J connectivity index is 1.82. The molecule has 1 N–H and O–H groups in total. The Bertz CT molecular complexity index is 632. The molecular weight excluding hydrogens is 236 g/mol. The molecule has 94 valence electrons. The molecule has 2 aromatic heterocycles. The molecule has 0 bridgehead atoms. The lowest BCUT2D eigenvalue weighted by molar-refractivity contribution is 0.864. The molecule has 0 radical (unpaired) electrons. The quantitative estimate of drug-likeness (QED) is 0.774. The largest absolute Gasteiger partial charge is 0.381 e. The average molecular weight is 250 g/mol. The van der Waals surface area contributed by atoms with Gasteiger partial charge < -0.3 is 5.32 Å². The van der Waals surface area contributed by atoms with Gasteiger partial charge in [-0.25, -0.2) is 4.68 Å². The highest BCUT2D eigenvalue weighted by atomic mass is 15.3. The van der Waals surface area contributed by atoms with Crippen LogP contribution in [0.3, 0.4) is 0 Å². The summed E-state index contributed by atoms with van der Waals surface area (Å²) in [6.07, 6.45) is 7.29. The van der Waals surface area contributed by atoms with Gasteiger partial charge in [-0.15, -0.1) is 0 Å². The van der Waals surface area contributed by atoms with Crippen LogP contribution in [0.1, 0.15) is 5.56 Å². The Kier molecular flexibility index (Phi) is 3.23. The van der Waals surface area contributed by atoms with Crippen LogP contribution in [0.5, 0.6) is 0 Å². The molecule has 3 aromatic rings. The molecule has 4 nitrogen and oxygen atoms in total. The van der Waals surface area contributed by atoms with E-state index >= 15 is 0 Å². The first kappa shape index (κ1) is 11.5. The van der Waals surface area contributed by atoms with Gasteiger partial charge in [0, 0.05) is 37.0 Å². The monoisotopic (exact) mass is 250 g/mol. The number of nitrogens with zero attached hydrogens (tertiary/aromatic N) is 3. The molecule has 0 amide bonds. The molecule has 0 unspecified atom stereocenters. The zero-order valence-corrected chi connectivity index (χ0v) is 10.4. The Morgan fingerprint density at radius 3 is 2.58 bits per heavy atom. The van der Waals surface area contributed by atoms with Crippen molar-refractivity contribution in [1.29, 1.82) is 0 Å². The summed E-state index contributed by atoms with van der Waals surface area (Å²) in [7, 11) is 0. The minimum Gasteiger partial charge on any atom is -0.381 e. The average Bonchev–Trinajstić information content (AvgIpc) is 3.01. The third-order valence-electron chi connectivity index (χ3n) is 2.91. The SMILES string of the molecule is c1ccc(-n2cccn2)c(CNc2ccncc2)c1. The van der Waals surface area contributed by atoms with Crippen molar-refractivity contribution in [2.75, 3.05) is 5.32 Å². The Labute approximate surface area is 111 Å². The third kappa shape index (κ3) is 2.63. The van der Waals surface area contributed by atoms with Crippen molar-refractivity contribution < 1.29 is 0 Å². The van der Waals surface area contributed by atoms with Gasteiger partial charge in [0.15, 0.2) is 0 Å². The number of aromatic nitrogens is 3. The van der Waals surface area contributed by atoms with Gasteiger partial charge in [-0.2, -0.15) is 5.10 Å². The molecule has 2 heterocycles. The first-order chi connectivity index (χ1) is 9.43. The maximum Gasteiger partial charge on any atom is 0.0695 e. The van der Waals surface area contributed by atoms with Crippen molar-refractivity contribution in [3.63, 3.8) is 0 Å². The van der Waals surface area contributed by atoms with Crippen LogP contribution in [0.15, 0.2) is 67.3 Å². The van der Waals surface area contributed by atoms with Crippen LogP contribution in [0.4, 0.5) is 5.69 Å². The molecule has 0 saturated carbocycles. The number of nitrogens with one attached hydrogen (secondary N) is 1. The van der Waals surface area contributed by atoms with Crippen molar-refractivity contribution in [1.82, 2.24) is 14.8 Å². The summed E-state index contributed by atoms with van der Waals surface area (Å²) in [6.45, 7) is 0.750. The van der Waals surface area contributed by atoms with E-state index in [1.54, 1.807) is 18.6 Å². The topological polar surface area (TPSA) is 42.7 Å². The second-order valence-corrected chi connectivity index (χ2v) is 4.17. The normalized spacial score (nSPS) is 10.3. The fraction of sp³-hybridized carbons (Fsp3) is 0.0667. The molecule has 19 heavy (non-hydrogen) atoms. The summed E-state index contributed by atoms with van der Waals surface area (Å²) < 4.78 is 1.88. The van der Waals surface area contributed by atoms with E-state index in [1.807, 2.05) is 41.2 Å². The van der Waals surface area contributed by atoms with Gasteiger partial charge in [-0.1, -0.05) is 18.2 Å². The molecule has 0 saturated heterocycles. The lowest BCUT2D eigenvalue weighted by atomic mass is 10.1. The molecule has 0 spiro atoms. The number of hydrogen-bond acceptors (Lipinski definition) is 3. The van der Waals surface area contributed by atoms with Gasteiger partial charge in [0.05, 0.1) is 5.69 Å². The predicted molar refractivity (Wildman–Crippen MR) is 75.1 cm³/mol. The molecule has 1 aromatic carbocycles. The molecule has 0 fully saturated rings. The van der Waals surface area contributed by atoms with Crippen molar-refractivity contribution in [3.8, 4) is 5.69 Å². The van der Waals surface area contributed by atoms with Crippen LogP contribution in [0.25, 0.3) is 5.69 Å². The van der Waals surface area contributed by atoms with Gasteiger partial charge in [-0.3, -0.25) is 4.98 Å². The highest BCUT2D eigenvalue weighted by Gasteiger charge is 2.03. The summed E-state index contributed by atoms with van der Waals surface area (Å²) in [6, 6.07) is 14.1. The van der Waals surface area contributed by atoms with Crippen LogP contribution in [0, 0.1) is 0 Å². The Morgan fingerprint density at radius 2 is 1.79 bits per heavy atom. The fourth-order valence-corrected chi connectivity index (χ4v) is 1.96. The van der Waals surface area contributed by atoms with E-state index in [1.165, 1.54) is 5.56 Å². The van der Waals surface area contributed by atoms with Crippen molar-refractivity contribution >= 4 is 5.69 Å². The van der Waals surface area contributed by atoms with E-state index in [9.17, 15) is 0 Å². The second-order valence-electron chi connectivity index (χ2n) is 4.17. The molecule has 4 heteroatoms. The van der Waals surface area contributed by atoms with Gasteiger partial charge in [0.2, 0.25) is 0 Å². The highest BCUT2D eigenvalue weighted by Crippen LogP contribution is 2.15. The summed E-state index contributed by atoms with van der Waals surface area (Å²) in [5.41, 5.74) is 3.35. The minimum absolute atomic E-state index is 0.750. The first-order valence-electron chi connectivity index (χ1n) is 6.15. The number of para-hydroxylation sites is 1. The van der Waals surface area contributed by atoms with Crippen molar-refractivity contribution in [2.24, 2.45) is 0 Å². The molecule has 0 atom stereocenters. The van der Waals surface area contributed by atoms with E-state index in [2.05, 4.69) is 27.5 Å². The van der Waals surface area contributed by atoms with Gasteiger partial charge in [-0.05, 0) is 29.8 Å². The van der Waals surface area contributed by atoms with E-state index < -0.39 is 0 Å². The van der Waals surface area contributed by atoms with Gasteiger partial charge in [0.25, 0.3) is 0 Å². The van der Waals surface area contributed by atoms with Crippen LogP contribution in [-0.2, 0) is 6.54 Å². The lowest BCUT2D eigenvalue weighted by Crippen LogP contribution is -2.05. The van der Waals surface area contributed by atoms with Crippen LogP contribution in [-0.4, -0.2) is 14.8 Å². The number of anilines is 1. The second kappa shape index (κ2) is 5.35. The van der Waals surface area contributed by atoms with Crippen molar-refractivity contribution in [2.45, 2.75) is 6.54 Å². The maximum atomic E-state index is 4.28. The molecule has 0 aliphatic heterocycles. The van der Waals surface area contributed by atoms with E-state index in [0.29, 0.717) is 0 Å². The maximum absolute atomic E-state index is 4.28. The molecule has 0 aliphatic carbocycles. The summed E-state index contributed by atoms with van der Waals surface area (Å²) in [4.78, 5) is 4.00. The number of rotatable bonds is 4. The van der Waals surface area contributed by atoms with Crippen LogP contribution < -0.4 is 5.32 Å². The first-order valence-corrected chi connectivity index (χ1v) is 6.15. The van der Waals surface area contributed by atoms with Gasteiger partial charge in [0.1, 0.15) is 0 Å². The number of hydrogen-bond donors (Lipinski definition) is 1.